The van der Waals surface area contributed by atoms with E-state index in [9.17, 15) is 9.18 Å². The maximum absolute atomic E-state index is 13.2. The first-order chi connectivity index (χ1) is 13.6. The van der Waals surface area contributed by atoms with Crippen LogP contribution in [-0.4, -0.2) is 48.4 Å². The van der Waals surface area contributed by atoms with Crippen molar-refractivity contribution in [3.63, 3.8) is 0 Å². The molecule has 1 fully saturated rings. The number of piperazine rings is 1. The number of rotatable bonds is 7. The number of carbonyl (C=O) groups excluding carboxylic acids is 1. The van der Waals surface area contributed by atoms with Crippen LogP contribution in [0.15, 0.2) is 54.6 Å². The van der Waals surface area contributed by atoms with Crippen molar-refractivity contribution < 1.29 is 9.18 Å². The van der Waals surface area contributed by atoms with Gasteiger partial charge in [0.05, 0.1) is 0 Å². The van der Waals surface area contributed by atoms with Gasteiger partial charge >= 0.3 is 0 Å². The molecule has 1 heterocycles. The molecule has 1 amide bonds. The molecule has 2 aromatic rings. The van der Waals surface area contributed by atoms with E-state index >= 15 is 0 Å². The van der Waals surface area contributed by atoms with E-state index < -0.39 is 0 Å². The van der Waals surface area contributed by atoms with Gasteiger partial charge in [-0.25, -0.2) is 4.39 Å². The molecular weight excluding hydrogens is 353 g/mol. The molecule has 1 aliphatic rings. The number of likely N-dealkylation sites (N-methyl/N-ethyl adjacent to an activating group) is 1. The van der Waals surface area contributed by atoms with E-state index in [1.807, 2.05) is 12.1 Å². The summed E-state index contributed by atoms with van der Waals surface area (Å²) in [4.78, 5) is 17.1. The Hall–Kier alpha value is -2.50. The van der Waals surface area contributed by atoms with Gasteiger partial charge in [0.15, 0.2) is 0 Å². The fourth-order valence-electron chi connectivity index (χ4n) is 3.41. The maximum atomic E-state index is 13.2. The van der Waals surface area contributed by atoms with Crippen molar-refractivity contribution >= 4 is 12.0 Å². The number of hydrogen-bond acceptors (Lipinski definition) is 3. The van der Waals surface area contributed by atoms with E-state index in [0.29, 0.717) is 12.1 Å². The van der Waals surface area contributed by atoms with Gasteiger partial charge in [-0.1, -0.05) is 43.3 Å². The van der Waals surface area contributed by atoms with Crippen molar-refractivity contribution in [3.05, 3.63) is 77.1 Å². The standard InChI is InChI=1S/C23H28FN3O/c1-2-26-12-14-27(15-13-26)18-21-8-4-3-7-20(21)17-25-23(28)11-10-19-6-5-9-22(24)16-19/h3-11,16H,2,12-15,17-18H2,1H3,(H,25,28). The van der Waals surface area contributed by atoms with Crippen LogP contribution in [0.2, 0.25) is 0 Å². The maximum Gasteiger partial charge on any atom is 0.244 e. The minimum Gasteiger partial charge on any atom is -0.348 e. The van der Waals surface area contributed by atoms with Gasteiger partial charge in [-0.3, -0.25) is 9.69 Å². The molecule has 0 saturated carbocycles. The van der Waals surface area contributed by atoms with E-state index in [-0.39, 0.29) is 11.7 Å². The van der Waals surface area contributed by atoms with E-state index in [4.69, 9.17) is 0 Å². The summed E-state index contributed by atoms with van der Waals surface area (Å²) in [6.45, 7) is 9.08. The summed E-state index contributed by atoms with van der Waals surface area (Å²) in [6.07, 6.45) is 3.07. The van der Waals surface area contributed by atoms with Crippen molar-refractivity contribution in [1.29, 1.82) is 0 Å². The number of hydrogen-bond donors (Lipinski definition) is 1. The highest BCUT2D eigenvalue weighted by Crippen LogP contribution is 2.14. The number of nitrogens with one attached hydrogen (secondary N) is 1. The summed E-state index contributed by atoms with van der Waals surface area (Å²) < 4.78 is 13.2. The van der Waals surface area contributed by atoms with Gasteiger partial charge in [-0.2, -0.15) is 0 Å². The minimum atomic E-state index is -0.309. The number of nitrogens with zero attached hydrogens (tertiary/aromatic N) is 2. The zero-order chi connectivity index (χ0) is 19.8. The van der Waals surface area contributed by atoms with Gasteiger partial charge in [-0.15, -0.1) is 0 Å². The SMILES string of the molecule is CCN1CCN(Cc2ccccc2CNC(=O)C=Cc2cccc(F)c2)CC1. The largest absolute Gasteiger partial charge is 0.348 e. The highest BCUT2D eigenvalue weighted by atomic mass is 19.1. The average Bonchev–Trinajstić information content (AvgIpc) is 2.72. The average molecular weight is 381 g/mol. The number of halogens is 1. The Kier molecular flexibility index (Phi) is 7.34. The lowest BCUT2D eigenvalue weighted by atomic mass is 10.1. The molecule has 0 radical (unpaired) electrons. The third-order valence-electron chi connectivity index (χ3n) is 5.15. The topological polar surface area (TPSA) is 35.6 Å². The lowest BCUT2D eigenvalue weighted by Crippen LogP contribution is -2.45. The Bertz CT molecular complexity index is 813. The van der Waals surface area contributed by atoms with Crippen molar-refractivity contribution in [2.75, 3.05) is 32.7 Å². The second kappa shape index (κ2) is 10.2. The summed E-state index contributed by atoms with van der Waals surface area (Å²) in [7, 11) is 0. The number of carbonyl (C=O) groups is 1. The van der Waals surface area contributed by atoms with Crippen molar-refractivity contribution in [2.24, 2.45) is 0 Å². The highest BCUT2D eigenvalue weighted by Gasteiger charge is 2.16. The van der Waals surface area contributed by atoms with Crippen LogP contribution in [0.3, 0.4) is 0 Å². The monoisotopic (exact) mass is 381 g/mol. The van der Waals surface area contributed by atoms with E-state index in [2.05, 4.69) is 34.2 Å². The Labute approximate surface area is 166 Å². The lowest BCUT2D eigenvalue weighted by molar-refractivity contribution is -0.116. The second-order valence-electron chi connectivity index (χ2n) is 7.09. The molecule has 0 aromatic heterocycles. The predicted molar refractivity (Wildman–Crippen MR) is 111 cm³/mol. The van der Waals surface area contributed by atoms with E-state index in [1.54, 1.807) is 18.2 Å². The van der Waals surface area contributed by atoms with Gasteiger partial charge in [0.1, 0.15) is 5.82 Å². The molecule has 0 spiro atoms. The molecule has 148 valence electrons. The van der Waals surface area contributed by atoms with Crippen LogP contribution >= 0.6 is 0 Å². The van der Waals surface area contributed by atoms with Crippen LogP contribution in [0.5, 0.6) is 0 Å². The molecular formula is C23H28FN3O. The zero-order valence-electron chi connectivity index (χ0n) is 16.4. The van der Waals surface area contributed by atoms with Crippen molar-refractivity contribution in [3.8, 4) is 0 Å². The Morgan fingerprint density at radius 2 is 1.75 bits per heavy atom. The lowest BCUT2D eigenvalue weighted by Gasteiger charge is -2.34. The normalized spacial score (nSPS) is 15.8. The van der Waals surface area contributed by atoms with Gasteiger partial charge < -0.3 is 10.2 Å². The number of amides is 1. The Morgan fingerprint density at radius 3 is 2.46 bits per heavy atom. The second-order valence-corrected chi connectivity index (χ2v) is 7.09. The smallest absolute Gasteiger partial charge is 0.244 e. The molecule has 1 N–H and O–H groups in total. The molecule has 0 atom stereocenters. The zero-order valence-corrected chi connectivity index (χ0v) is 16.4. The van der Waals surface area contributed by atoms with Gasteiger partial charge in [-0.05, 0) is 41.4 Å². The molecule has 1 aliphatic heterocycles. The summed E-state index contributed by atoms with van der Waals surface area (Å²) in [5, 5.41) is 2.93. The molecule has 4 nitrogen and oxygen atoms in total. The Morgan fingerprint density at radius 1 is 1.04 bits per heavy atom. The number of benzene rings is 2. The van der Waals surface area contributed by atoms with Gasteiger partial charge in [0, 0.05) is 45.3 Å². The van der Waals surface area contributed by atoms with Crippen LogP contribution in [0, 0.1) is 5.82 Å². The minimum absolute atomic E-state index is 0.185. The third kappa shape index (κ3) is 6.01. The molecule has 2 aromatic carbocycles. The van der Waals surface area contributed by atoms with Gasteiger partial charge in [0.25, 0.3) is 0 Å². The van der Waals surface area contributed by atoms with Crippen LogP contribution in [-0.2, 0) is 17.9 Å². The predicted octanol–water partition coefficient (Wildman–Crippen LogP) is 3.29. The van der Waals surface area contributed by atoms with Crippen LogP contribution in [0.1, 0.15) is 23.6 Å². The first-order valence-electron chi connectivity index (χ1n) is 9.87. The summed E-state index contributed by atoms with van der Waals surface area (Å²) in [5.41, 5.74) is 3.05. The van der Waals surface area contributed by atoms with Gasteiger partial charge in [0.2, 0.25) is 5.91 Å². The van der Waals surface area contributed by atoms with E-state index in [1.165, 1.54) is 23.8 Å². The summed E-state index contributed by atoms with van der Waals surface area (Å²) >= 11 is 0. The fraction of sp³-hybridized carbons (Fsp3) is 0.348. The summed E-state index contributed by atoms with van der Waals surface area (Å²) in [5.74, 6) is -0.494. The van der Waals surface area contributed by atoms with Crippen molar-refractivity contribution in [1.82, 2.24) is 15.1 Å². The molecule has 0 bridgehead atoms. The molecule has 0 aliphatic carbocycles. The molecule has 0 unspecified atom stereocenters. The fourth-order valence-corrected chi connectivity index (χ4v) is 3.41. The van der Waals surface area contributed by atoms with Crippen LogP contribution in [0.4, 0.5) is 4.39 Å². The molecule has 3 rings (SSSR count). The summed E-state index contributed by atoms with van der Waals surface area (Å²) in [6, 6.07) is 14.4. The third-order valence-corrected chi connectivity index (χ3v) is 5.15. The highest BCUT2D eigenvalue weighted by molar-refractivity contribution is 5.91. The van der Waals surface area contributed by atoms with Crippen LogP contribution < -0.4 is 5.32 Å². The molecule has 28 heavy (non-hydrogen) atoms. The molecule has 1 saturated heterocycles. The van der Waals surface area contributed by atoms with Crippen molar-refractivity contribution in [2.45, 2.75) is 20.0 Å². The quantitative estimate of drug-likeness (QED) is 0.748. The molecule has 5 heteroatoms. The first-order valence-corrected chi connectivity index (χ1v) is 9.87. The first kappa shape index (κ1) is 20.2. The van der Waals surface area contributed by atoms with Crippen LogP contribution in [0.25, 0.3) is 6.08 Å². The Balaban J connectivity index is 1.54. The van der Waals surface area contributed by atoms with E-state index in [0.717, 1.165) is 44.8 Å².